The van der Waals surface area contributed by atoms with Gasteiger partial charge in [0, 0.05) is 20.2 Å². The Bertz CT molecular complexity index is 572. The second-order valence-electron chi connectivity index (χ2n) is 4.52. The first-order valence-corrected chi connectivity index (χ1v) is 7.17. The Hall–Kier alpha value is -1.06. The van der Waals surface area contributed by atoms with Gasteiger partial charge in [-0.25, -0.2) is 0 Å². The summed E-state index contributed by atoms with van der Waals surface area (Å²) in [6.45, 7) is 2.07. The molecule has 0 saturated heterocycles. The lowest BCUT2D eigenvalue weighted by molar-refractivity contribution is 0.184. The summed E-state index contributed by atoms with van der Waals surface area (Å²) in [5.74, 6) is 0. The molecule has 4 heteroatoms. The molecule has 0 bridgehead atoms. The predicted molar refractivity (Wildman–Crippen MR) is 84.2 cm³/mol. The molecule has 0 radical (unpaired) electrons. The van der Waals surface area contributed by atoms with E-state index in [2.05, 4.69) is 17.4 Å². The van der Waals surface area contributed by atoms with Crippen LogP contribution in [0.25, 0.3) is 0 Å². The molecule has 0 unspecified atom stereocenters. The lowest BCUT2D eigenvalue weighted by atomic mass is 10.1. The fraction of sp³-hybridized carbons (Fsp3) is 0.250. The summed E-state index contributed by atoms with van der Waals surface area (Å²) in [6, 6.07) is 13.9. The number of nitrogens with one attached hydrogen (secondary N) is 1. The van der Waals surface area contributed by atoms with Gasteiger partial charge in [0.15, 0.2) is 0 Å². The summed E-state index contributed by atoms with van der Waals surface area (Å²) < 4.78 is 5.20. The first-order valence-electron chi connectivity index (χ1n) is 6.41. The van der Waals surface area contributed by atoms with Crippen LogP contribution in [0.4, 0.5) is 0 Å². The van der Waals surface area contributed by atoms with E-state index >= 15 is 0 Å². The van der Waals surface area contributed by atoms with Gasteiger partial charge in [-0.1, -0.05) is 59.6 Å². The smallest absolute Gasteiger partial charge is 0.0716 e. The first-order chi connectivity index (χ1) is 9.72. The van der Waals surface area contributed by atoms with E-state index in [1.165, 1.54) is 11.1 Å². The topological polar surface area (TPSA) is 21.3 Å². The maximum absolute atomic E-state index is 6.16. The molecule has 0 aliphatic rings. The zero-order valence-electron chi connectivity index (χ0n) is 11.3. The molecule has 2 aromatic carbocycles. The lowest BCUT2D eigenvalue weighted by Crippen LogP contribution is -2.14. The normalized spacial score (nSPS) is 10.8. The van der Waals surface area contributed by atoms with E-state index in [1.807, 2.05) is 24.3 Å². The Labute approximate surface area is 129 Å². The molecule has 2 nitrogen and oxygen atoms in total. The van der Waals surface area contributed by atoms with Gasteiger partial charge in [0.05, 0.1) is 16.7 Å². The lowest BCUT2D eigenvalue weighted by Gasteiger charge is -2.11. The maximum atomic E-state index is 6.16. The summed E-state index contributed by atoms with van der Waals surface area (Å²) in [5.41, 5.74) is 3.43. The van der Waals surface area contributed by atoms with Gasteiger partial charge in [-0.05, 0) is 22.8 Å². The largest absolute Gasteiger partial charge is 0.380 e. The molecule has 2 rings (SSSR count). The van der Waals surface area contributed by atoms with Crippen molar-refractivity contribution in [1.29, 1.82) is 0 Å². The van der Waals surface area contributed by atoms with Gasteiger partial charge in [-0.3, -0.25) is 0 Å². The van der Waals surface area contributed by atoms with Crippen LogP contribution < -0.4 is 5.32 Å². The SMILES string of the molecule is COCc1ccccc1CNCc1cccc(Cl)c1Cl. The minimum atomic E-state index is 0.589. The van der Waals surface area contributed by atoms with Gasteiger partial charge in [0.25, 0.3) is 0 Å². The van der Waals surface area contributed by atoms with Crippen molar-refractivity contribution in [2.75, 3.05) is 7.11 Å². The highest BCUT2D eigenvalue weighted by atomic mass is 35.5. The molecule has 106 valence electrons. The number of hydrogen-bond acceptors (Lipinski definition) is 2. The van der Waals surface area contributed by atoms with Crippen LogP contribution in [0, 0.1) is 0 Å². The van der Waals surface area contributed by atoms with E-state index in [9.17, 15) is 0 Å². The highest BCUT2D eigenvalue weighted by molar-refractivity contribution is 6.42. The Morgan fingerprint density at radius 2 is 1.55 bits per heavy atom. The molecule has 0 spiro atoms. The third-order valence-corrected chi connectivity index (χ3v) is 3.94. The summed E-state index contributed by atoms with van der Waals surface area (Å²) in [6.07, 6.45) is 0. The third kappa shape index (κ3) is 3.97. The molecule has 0 atom stereocenters. The van der Waals surface area contributed by atoms with Crippen molar-refractivity contribution in [3.8, 4) is 0 Å². The molecule has 0 aromatic heterocycles. The number of hydrogen-bond donors (Lipinski definition) is 1. The monoisotopic (exact) mass is 309 g/mol. The predicted octanol–water partition coefficient (Wildman–Crippen LogP) is 4.43. The summed E-state index contributed by atoms with van der Waals surface area (Å²) in [7, 11) is 1.70. The first kappa shape index (κ1) is 15.3. The molecule has 1 N–H and O–H groups in total. The Morgan fingerprint density at radius 3 is 2.30 bits per heavy atom. The van der Waals surface area contributed by atoms with Crippen molar-refractivity contribution >= 4 is 23.2 Å². The summed E-state index contributed by atoms with van der Waals surface area (Å²) in [5, 5.41) is 4.59. The molecular formula is C16H17Cl2NO. The van der Waals surface area contributed by atoms with E-state index < -0.39 is 0 Å². The van der Waals surface area contributed by atoms with E-state index in [0.717, 1.165) is 12.1 Å². The van der Waals surface area contributed by atoms with Gasteiger partial charge in [-0.2, -0.15) is 0 Å². The van der Waals surface area contributed by atoms with Crippen molar-refractivity contribution < 1.29 is 4.74 Å². The highest BCUT2D eigenvalue weighted by Crippen LogP contribution is 2.25. The van der Waals surface area contributed by atoms with E-state index in [1.54, 1.807) is 13.2 Å². The summed E-state index contributed by atoms with van der Waals surface area (Å²) >= 11 is 12.2. The number of benzene rings is 2. The van der Waals surface area contributed by atoms with Crippen LogP contribution in [0.5, 0.6) is 0 Å². The standard InChI is InChI=1S/C16H17Cl2NO/c1-20-11-14-6-3-2-5-12(14)9-19-10-13-7-4-8-15(17)16(13)18/h2-8,19H,9-11H2,1H3. The van der Waals surface area contributed by atoms with Crippen LogP contribution in [0.3, 0.4) is 0 Å². The molecule has 20 heavy (non-hydrogen) atoms. The van der Waals surface area contributed by atoms with Crippen molar-refractivity contribution in [3.05, 3.63) is 69.2 Å². The number of methoxy groups -OCH3 is 1. The Balaban J connectivity index is 1.98. The van der Waals surface area contributed by atoms with Crippen molar-refractivity contribution in [2.24, 2.45) is 0 Å². The van der Waals surface area contributed by atoms with E-state index in [4.69, 9.17) is 27.9 Å². The van der Waals surface area contributed by atoms with Crippen LogP contribution in [0.1, 0.15) is 16.7 Å². The van der Waals surface area contributed by atoms with Crippen molar-refractivity contribution in [3.63, 3.8) is 0 Å². The summed E-state index contributed by atoms with van der Waals surface area (Å²) in [4.78, 5) is 0. The molecule has 0 saturated carbocycles. The molecule has 0 amide bonds. The Kier molecular flexibility index (Phi) is 5.86. The molecule has 0 heterocycles. The second-order valence-corrected chi connectivity index (χ2v) is 5.30. The van der Waals surface area contributed by atoms with Gasteiger partial charge >= 0.3 is 0 Å². The van der Waals surface area contributed by atoms with Gasteiger partial charge < -0.3 is 10.1 Å². The van der Waals surface area contributed by atoms with E-state index in [0.29, 0.717) is 23.2 Å². The van der Waals surface area contributed by atoms with Crippen molar-refractivity contribution in [1.82, 2.24) is 5.32 Å². The van der Waals surface area contributed by atoms with Gasteiger partial charge in [0.1, 0.15) is 0 Å². The van der Waals surface area contributed by atoms with Crippen molar-refractivity contribution in [2.45, 2.75) is 19.7 Å². The average Bonchev–Trinajstić information content (AvgIpc) is 2.45. The fourth-order valence-corrected chi connectivity index (χ4v) is 2.43. The van der Waals surface area contributed by atoms with Gasteiger partial charge in [-0.15, -0.1) is 0 Å². The molecular weight excluding hydrogens is 293 g/mol. The number of rotatable bonds is 6. The minimum Gasteiger partial charge on any atom is -0.380 e. The number of ether oxygens (including phenoxy) is 1. The minimum absolute atomic E-state index is 0.589. The van der Waals surface area contributed by atoms with Crippen LogP contribution in [0.15, 0.2) is 42.5 Å². The highest BCUT2D eigenvalue weighted by Gasteiger charge is 2.05. The molecule has 2 aromatic rings. The third-order valence-electron chi connectivity index (χ3n) is 3.08. The van der Waals surface area contributed by atoms with Crippen LogP contribution in [-0.4, -0.2) is 7.11 Å². The molecule has 0 aliphatic carbocycles. The number of halogens is 2. The zero-order chi connectivity index (χ0) is 14.4. The van der Waals surface area contributed by atoms with Gasteiger partial charge in [0.2, 0.25) is 0 Å². The quantitative estimate of drug-likeness (QED) is 0.852. The Morgan fingerprint density at radius 1 is 0.900 bits per heavy atom. The zero-order valence-corrected chi connectivity index (χ0v) is 12.8. The second kappa shape index (κ2) is 7.65. The molecule has 0 fully saturated rings. The maximum Gasteiger partial charge on any atom is 0.0716 e. The average molecular weight is 310 g/mol. The van der Waals surface area contributed by atoms with Crippen LogP contribution in [-0.2, 0) is 24.4 Å². The van der Waals surface area contributed by atoms with Crippen LogP contribution >= 0.6 is 23.2 Å². The van der Waals surface area contributed by atoms with E-state index in [-0.39, 0.29) is 0 Å². The molecule has 0 aliphatic heterocycles. The fourth-order valence-electron chi connectivity index (χ4n) is 2.04. The van der Waals surface area contributed by atoms with Crippen LogP contribution in [0.2, 0.25) is 10.0 Å².